The molecule has 4 heteroatoms. The molecule has 0 radical (unpaired) electrons. The topological polar surface area (TPSA) is 39.2 Å². The average Bonchev–Trinajstić information content (AvgIpc) is 2.75. The zero-order chi connectivity index (χ0) is 11.5. The molecule has 0 aliphatic rings. The van der Waals surface area contributed by atoms with Crippen molar-refractivity contribution in [2.75, 3.05) is 7.11 Å². The van der Waals surface area contributed by atoms with Gasteiger partial charge in [-0.2, -0.15) is 0 Å². The van der Waals surface area contributed by atoms with E-state index in [1.165, 1.54) is 7.11 Å². The van der Waals surface area contributed by atoms with Gasteiger partial charge < -0.3 is 4.74 Å². The van der Waals surface area contributed by atoms with Crippen molar-refractivity contribution in [2.45, 2.75) is 6.92 Å². The summed E-state index contributed by atoms with van der Waals surface area (Å²) in [6, 6.07) is 7.33. The van der Waals surface area contributed by atoms with Crippen LogP contribution < -0.4 is 0 Å². The van der Waals surface area contributed by atoms with Gasteiger partial charge in [-0.25, -0.2) is 9.78 Å². The second-order valence-electron chi connectivity index (χ2n) is 3.31. The number of aromatic nitrogens is 1. The largest absolute Gasteiger partial charge is 0.465 e. The van der Waals surface area contributed by atoms with Crippen LogP contribution >= 0.6 is 11.3 Å². The lowest BCUT2D eigenvalue weighted by molar-refractivity contribution is 0.0601. The molecule has 1 heterocycles. The summed E-state index contributed by atoms with van der Waals surface area (Å²) in [5.74, 6) is -0.330. The van der Waals surface area contributed by atoms with E-state index in [1.807, 2.05) is 25.1 Å². The lowest BCUT2D eigenvalue weighted by atomic mass is 10.1. The maximum Gasteiger partial charge on any atom is 0.338 e. The van der Waals surface area contributed by atoms with E-state index in [-0.39, 0.29) is 5.97 Å². The fourth-order valence-electron chi connectivity index (χ4n) is 1.44. The van der Waals surface area contributed by atoms with Crippen LogP contribution in [-0.4, -0.2) is 18.1 Å². The van der Waals surface area contributed by atoms with Crippen LogP contribution in [0.15, 0.2) is 30.5 Å². The van der Waals surface area contributed by atoms with Crippen molar-refractivity contribution in [3.8, 4) is 10.6 Å². The summed E-state index contributed by atoms with van der Waals surface area (Å²) in [7, 11) is 1.38. The molecule has 0 amide bonds. The highest BCUT2D eigenvalue weighted by Gasteiger charge is 2.14. The number of benzene rings is 1. The van der Waals surface area contributed by atoms with Gasteiger partial charge >= 0.3 is 5.97 Å². The maximum absolute atomic E-state index is 11.6. The van der Waals surface area contributed by atoms with Gasteiger partial charge in [0.25, 0.3) is 0 Å². The van der Waals surface area contributed by atoms with Gasteiger partial charge in [0.2, 0.25) is 0 Å². The zero-order valence-electron chi connectivity index (χ0n) is 9.06. The Bertz CT molecular complexity index is 519. The van der Waals surface area contributed by atoms with Crippen LogP contribution in [0.1, 0.15) is 15.2 Å². The Morgan fingerprint density at radius 1 is 1.38 bits per heavy atom. The lowest BCUT2D eigenvalue weighted by Gasteiger charge is -2.04. The molecule has 0 fully saturated rings. The van der Waals surface area contributed by atoms with E-state index in [4.69, 9.17) is 4.74 Å². The van der Waals surface area contributed by atoms with Gasteiger partial charge in [0.05, 0.1) is 12.7 Å². The summed E-state index contributed by atoms with van der Waals surface area (Å²) in [5.41, 5.74) is 1.38. The molecule has 3 nitrogen and oxygen atoms in total. The number of carbonyl (C=O) groups is 1. The first-order valence-corrected chi connectivity index (χ1v) is 5.64. The molecule has 16 heavy (non-hydrogen) atoms. The van der Waals surface area contributed by atoms with E-state index >= 15 is 0 Å². The van der Waals surface area contributed by atoms with Crippen LogP contribution in [-0.2, 0) is 4.74 Å². The first-order valence-electron chi connectivity index (χ1n) is 4.82. The summed E-state index contributed by atoms with van der Waals surface area (Å²) in [6.45, 7) is 1.99. The summed E-state index contributed by atoms with van der Waals surface area (Å²) in [4.78, 5) is 17.0. The molecule has 0 saturated carbocycles. The number of esters is 1. The molecular weight excluding hydrogens is 222 g/mol. The van der Waals surface area contributed by atoms with Gasteiger partial charge in [0.15, 0.2) is 0 Å². The number of rotatable bonds is 2. The standard InChI is InChI=1S/C12H11NO2S/c1-8-7-13-11(16-8)9-5-3-4-6-10(9)12(14)15-2/h3-7H,1-2H3. The molecule has 0 saturated heterocycles. The van der Waals surface area contributed by atoms with Gasteiger partial charge in [-0.1, -0.05) is 18.2 Å². The predicted octanol–water partition coefficient (Wildman–Crippen LogP) is 2.91. The summed E-state index contributed by atoms with van der Waals surface area (Å²) < 4.78 is 4.74. The molecule has 0 atom stereocenters. The smallest absolute Gasteiger partial charge is 0.338 e. The highest BCUT2D eigenvalue weighted by Crippen LogP contribution is 2.27. The Labute approximate surface area is 97.7 Å². The molecule has 2 rings (SSSR count). The number of thiazole rings is 1. The Morgan fingerprint density at radius 3 is 2.75 bits per heavy atom. The zero-order valence-corrected chi connectivity index (χ0v) is 9.88. The quantitative estimate of drug-likeness (QED) is 0.749. The number of nitrogens with zero attached hydrogens (tertiary/aromatic N) is 1. The minimum absolute atomic E-state index is 0.330. The van der Waals surface area contributed by atoms with Gasteiger partial charge in [-0.05, 0) is 13.0 Å². The van der Waals surface area contributed by atoms with Crippen LogP contribution in [0.2, 0.25) is 0 Å². The van der Waals surface area contributed by atoms with E-state index in [2.05, 4.69) is 4.98 Å². The van der Waals surface area contributed by atoms with Gasteiger partial charge in [0, 0.05) is 16.6 Å². The highest BCUT2D eigenvalue weighted by atomic mass is 32.1. The summed E-state index contributed by atoms with van der Waals surface area (Å²) >= 11 is 1.56. The van der Waals surface area contributed by atoms with Crippen LogP contribution in [0.3, 0.4) is 0 Å². The predicted molar refractivity (Wildman–Crippen MR) is 63.6 cm³/mol. The second-order valence-corrected chi connectivity index (χ2v) is 4.55. The van der Waals surface area contributed by atoms with E-state index in [9.17, 15) is 4.79 Å². The first kappa shape index (κ1) is 10.8. The van der Waals surface area contributed by atoms with Gasteiger partial charge in [-0.3, -0.25) is 0 Å². The number of ether oxygens (including phenoxy) is 1. The number of carbonyl (C=O) groups excluding carboxylic acids is 1. The van der Waals surface area contributed by atoms with Crippen molar-refractivity contribution < 1.29 is 9.53 Å². The molecule has 0 aliphatic heterocycles. The lowest BCUT2D eigenvalue weighted by Crippen LogP contribution is -2.02. The third-order valence-corrected chi connectivity index (χ3v) is 3.13. The van der Waals surface area contributed by atoms with Gasteiger partial charge in [0.1, 0.15) is 5.01 Å². The molecule has 0 spiro atoms. The molecule has 1 aromatic carbocycles. The van der Waals surface area contributed by atoms with Crippen LogP contribution in [0.5, 0.6) is 0 Å². The molecule has 0 unspecified atom stereocenters. The third kappa shape index (κ3) is 1.97. The maximum atomic E-state index is 11.6. The molecule has 82 valence electrons. The normalized spacial score (nSPS) is 10.1. The SMILES string of the molecule is COC(=O)c1ccccc1-c1ncc(C)s1. The Hall–Kier alpha value is -1.68. The highest BCUT2D eigenvalue weighted by molar-refractivity contribution is 7.15. The fourth-order valence-corrected chi connectivity index (χ4v) is 2.24. The molecule has 2 aromatic rings. The van der Waals surface area contributed by atoms with E-state index in [0.29, 0.717) is 5.56 Å². The molecule has 0 aliphatic carbocycles. The van der Waals surface area contributed by atoms with Crippen molar-refractivity contribution in [2.24, 2.45) is 0 Å². The molecule has 1 aromatic heterocycles. The number of hydrogen-bond donors (Lipinski definition) is 0. The fraction of sp³-hybridized carbons (Fsp3) is 0.167. The van der Waals surface area contributed by atoms with Crippen molar-refractivity contribution in [3.05, 3.63) is 40.9 Å². The van der Waals surface area contributed by atoms with Crippen molar-refractivity contribution in [1.29, 1.82) is 0 Å². The van der Waals surface area contributed by atoms with Crippen molar-refractivity contribution >= 4 is 17.3 Å². The number of hydrogen-bond acceptors (Lipinski definition) is 4. The summed E-state index contributed by atoms with van der Waals surface area (Å²) in [6.07, 6.45) is 1.80. The van der Waals surface area contributed by atoms with Crippen molar-refractivity contribution in [3.63, 3.8) is 0 Å². The van der Waals surface area contributed by atoms with E-state index in [0.717, 1.165) is 15.4 Å². The van der Waals surface area contributed by atoms with Crippen LogP contribution in [0, 0.1) is 6.92 Å². The Balaban J connectivity index is 2.52. The first-order chi connectivity index (χ1) is 7.72. The van der Waals surface area contributed by atoms with Gasteiger partial charge in [-0.15, -0.1) is 11.3 Å². The van der Waals surface area contributed by atoms with Crippen LogP contribution in [0.25, 0.3) is 10.6 Å². The molecule has 0 N–H and O–H groups in total. The Morgan fingerprint density at radius 2 is 2.12 bits per heavy atom. The minimum Gasteiger partial charge on any atom is -0.465 e. The van der Waals surface area contributed by atoms with E-state index in [1.54, 1.807) is 23.6 Å². The van der Waals surface area contributed by atoms with E-state index < -0.39 is 0 Å². The van der Waals surface area contributed by atoms with Crippen molar-refractivity contribution in [1.82, 2.24) is 4.98 Å². The molecular formula is C12H11NO2S. The van der Waals surface area contributed by atoms with Crippen LogP contribution in [0.4, 0.5) is 0 Å². The monoisotopic (exact) mass is 233 g/mol. The number of aryl methyl sites for hydroxylation is 1. The Kier molecular flexibility index (Phi) is 3.01. The third-order valence-electron chi connectivity index (χ3n) is 2.18. The average molecular weight is 233 g/mol. The second kappa shape index (κ2) is 4.45. The minimum atomic E-state index is -0.330. The number of methoxy groups -OCH3 is 1. The molecule has 0 bridgehead atoms. The summed E-state index contributed by atoms with van der Waals surface area (Å²) in [5, 5.41) is 0.846.